The molecule has 1 heterocycles. The number of sulfonamides is 1. The molecule has 0 radical (unpaired) electrons. The Morgan fingerprint density at radius 2 is 2.29 bits per heavy atom. The largest absolute Gasteiger partial charge is 0.378 e. The van der Waals surface area contributed by atoms with Crippen LogP contribution in [0.25, 0.3) is 0 Å². The van der Waals surface area contributed by atoms with E-state index in [4.69, 9.17) is 10.5 Å². The number of nitrogens with two attached hydrogens (primary N) is 1. The molecule has 2 rings (SSSR count). The fourth-order valence-corrected chi connectivity index (χ4v) is 3.30. The molecule has 6 heteroatoms. The van der Waals surface area contributed by atoms with Crippen molar-refractivity contribution in [3.63, 3.8) is 0 Å². The van der Waals surface area contributed by atoms with Crippen LogP contribution < -0.4 is 10.5 Å². The molecule has 1 aromatic carbocycles. The van der Waals surface area contributed by atoms with E-state index in [9.17, 15) is 8.42 Å². The Bertz CT molecular complexity index is 626. The zero-order valence-electron chi connectivity index (χ0n) is 11.8. The molecule has 0 aromatic heterocycles. The highest BCUT2D eigenvalue weighted by molar-refractivity contribution is 7.89. The molecule has 1 fully saturated rings. The van der Waals surface area contributed by atoms with E-state index < -0.39 is 10.0 Å². The van der Waals surface area contributed by atoms with Crippen molar-refractivity contribution in [2.75, 3.05) is 19.7 Å². The maximum Gasteiger partial charge on any atom is 0.240 e. The molecule has 21 heavy (non-hydrogen) atoms. The lowest BCUT2D eigenvalue weighted by molar-refractivity contribution is 0.105. The lowest BCUT2D eigenvalue weighted by Gasteiger charge is -2.10. The maximum absolute atomic E-state index is 12.2. The van der Waals surface area contributed by atoms with E-state index in [0.717, 1.165) is 19.4 Å². The lowest BCUT2D eigenvalue weighted by Crippen LogP contribution is -2.27. The van der Waals surface area contributed by atoms with Crippen LogP contribution in [0.5, 0.6) is 0 Å². The van der Waals surface area contributed by atoms with Gasteiger partial charge in [0.25, 0.3) is 0 Å². The summed E-state index contributed by atoms with van der Waals surface area (Å²) in [5, 5.41) is 0. The fourth-order valence-electron chi connectivity index (χ4n) is 2.20. The Hall–Kier alpha value is -1.39. The van der Waals surface area contributed by atoms with Gasteiger partial charge in [0.05, 0.1) is 17.5 Å². The van der Waals surface area contributed by atoms with Gasteiger partial charge in [0.2, 0.25) is 10.0 Å². The van der Waals surface area contributed by atoms with E-state index in [0.29, 0.717) is 18.5 Å². The van der Waals surface area contributed by atoms with Crippen LogP contribution in [0.3, 0.4) is 0 Å². The van der Waals surface area contributed by atoms with E-state index in [1.54, 1.807) is 24.3 Å². The molecule has 3 N–H and O–H groups in total. The van der Waals surface area contributed by atoms with Gasteiger partial charge in [-0.1, -0.05) is 17.9 Å². The van der Waals surface area contributed by atoms with Crippen molar-refractivity contribution < 1.29 is 13.2 Å². The summed E-state index contributed by atoms with van der Waals surface area (Å²) in [6.45, 7) is 1.40. The molecule has 114 valence electrons. The van der Waals surface area contributed by atoms with Crippen LogP contribution in [0.15, 0.2) is 29.2 Å². The molecule has 1 aliphatic heterocycles. The molecular weight excluding hydrogens is 288 g/mol. The molecular formula is C15H20N2O3S. The molecule has 0 aliphatic carbocycles. The summed E-state index contributed by atoms with van der Waals surface area (Å²) in [4.78, 5) is 0.221. The first-order valence-electron chi connectivity index (χ1n) is 7.02. The van der Waals surface area contributed by atoms with Crippen LogP contribution in [-0.2, 0) is 14.8 Å². The van der Waals surface area contributed by atoms with E-state index in [1.165, 1.54) is 0 Å². The third-order valence-corrected chi connectivity index (χ3v) is 4.72. The van der Waals surface area contributed by atoms with Crippen molar-refractivity contribution in [1.82, 2.24) is 4.72 Å². The lowest BCUT2D eigenvalue weighted by atomic mass is 10.2. The van der Waals surface area contributed by atoms with Crippen LogP contribution in [0.1, 0.15) is 24.8 Å². The maximum atomic E-state index is 12.2. The number of rotatable bonds is 5. The summed E-state index contributed by atoms with van der Waals surface area (Å²) in [6.07, 6.45) is 2.94. The molecule has 0 spiro atoms. The van der Waals surface area contributed by atoms with Crippen molar-refractivity contribution in [3.05, 3.63) is 29.8 Å². The third kappa shape index (κ3) is 4.83. The van der Waals surface area contributed by atoms with Gasteiger partial charge < -0.3 is 10.5 Å². The van der Waals surface area contributed by atoms with Crippen molar-refractivity contribution in [2.45, 2.75) is 30.3 Å². The standard InChI is InChI=1S/C15H20N2O3S/c16-9-2-5-13-4-1-7-15(12-13)21(18,19)17-10-8-14-6-3-11-20-14/h1,4,7,12,14,17H,3,6,8-11,16H2. The summed E-state index contributed by atoms with van der Waals surface area (Å²) < 4.78 is 32.5. The van der Waals surface area contributed by atoms with E-state index in [1.807, 2.05) is 0 Å². The predicted molar refractivity (Wildman–Crippen MR) is 81.2 cm³/mol. The first kappa shape index (κ1) is 16.0. The Morgan fingerprint density at radius 1 is 1.43 bits per heavy atom. The van der Waals surface area contributed by atoms with Gasteiger partial charge >= 0.3 is 0 Å². The van der Waals surface area contributed by atoms with Crippen molar-refractivity contribution in [2.24, 2.45) is 5.73 Å². The van der Waals surface area contributed by atoms with Crippen molar-refractivity contribution in [3.8, 4) is 11.8 Å². The molecule has 1 unspecified atom stereocenters. The molecule has 1 atom stereocenters. The summed E-state index contributed by atoms with van der Waals surface area (Å²) in [6, 6.07) is 6.54. The van der Waals surface area contributed by atoms with E-state index >= 15 is 0 Å². The molecule has 1 saturated heterocycles. The van der Waals surface area contributed by atoms with Crippen LogP contribution in [0.2, 0.25) is 0 Å². The monoisotopic (exact) mass is 308 g/mol. The Kier molecular flexibility index (Phi) is 5.76. The average Bonchev–Trinajstić information content (AvgIpc) is 2.98. The Labute approximate surface area is 125 Å². The van der Waals surface area contributed by atoms with Crippen LogP contribution in [0.4, 0.5) is 0 Å². The summed E-state index contributed by atoms with van der Waals surface area (Å²) in [5.74, 6) is 5.54. The summed E-state index contributed by atoms with van der Waals surface area (Å²) in [7, 11) is -3.50. The predicted octanol–water partition coefficient (Wildman–Crippen LogP) is 0.844. The number of benzene rings is 1. The van der Waals surface area contributed by atoms with Crippen LogP contribution in [0, 0.1) is 11.8 Å². The van der Waals surface area contributed by atoms with Gasteiger partial charge in [-0.05, 0) is 37.5 Å². The zero-order chi connectivity index (χ0) is 15.1. The average molecular weight is 308 g/mol. The second kappa shape index (κ2) is 7.57. The summed E-state index contributed by atoms with van der Waals surface area (Å²) >= 11 is 0. The van der Waals surface area contributed by atoms with Gasteiger partial charge in [0.15, 0.2) is 0 Å². The smallest absolute Gasteiger partial charge is 0.240 e. The quantitative estimate of drug-likeness (QED) is 0.790. The second-order valence-corrected chi connectivity index (χ2v) is 6.62. The highest BCUT2D eigenvalue weighted by atomic mass is 32.2. The van der Waals surface area contributed by atoms with E-state index in [2.05, 4.69) is 16.6 Å². The zero-order valence-corrected chi connectivity index (χ0v) is 12.7. The summed E-state index contributed by atoms with van der Waals surface area (Å²) in [5.41, 5.74) is 5.95. The van der Waals surface area contributed by atoms with Crippen LogP contribution in [-0.4, -0.2) is 34.2 Å². The molecule has 1 aliphatic rings. The molecule has 0 bridgehead atoms. The number of hydrogen-bond donors (Lipinski definition) is 2. The Balaban J connectivity index is 1.97. The number of ether oxygens (including phenoxy) is 1. The Morgan fingerprint density at radius 3 is 3.00 bits per heavy atom. The van der Waals surface area contributed by atoms with Gasteiger partial charge in [0, 0.05) is 18.7 Å². The molecule has 1 aromatic rings. The van der Waals surface area contributed by atoms with Crippen molar-refractivity contribution in [1.29, 1.82) is 0 Å². The van der Waals surface area contributed by atoms with Crippen LogP contribution >= 0.6 is 0 Å². The number of nitrogens with one attached hydrogen (secondary N) is 1. The van der Waals surface area contributed by atoms with Gasteiger partial charge in [0.1, 0.15) is 0 Å². The highest BCUT2D eigenvalue weighted by Crippen LogP contribution is 2.15. The third-order valence-electron chi connectivity index (χ3n) is 3.26. The minimum absolute atomic E-state index is 0.175. The minimum atomic E-state index is -3.50. The number of hydrogen-bond acceptors (Lipinski definition) is 4. The first-order valence-corrected chi connectivity index (χ1v) is 8.50. The van der Waals surface area contributed by atoms with Gasteiger partial charge in [-0.15, -0.1) is 0 Å². The second-order valence-electron chi connectivity index (χ2n) is 4.86. The SMILES string of the molecule is NCC#Cc1cccc(S(=O)(=O)NCCC2CCCO2)c1. The van der Waals surface area contributed by atoms with E-state index in [-0.39, 0.29) is 17.5 Å². The molecule has 0 saturated carbocycles. The molecule has 5 nitrogen and oxygen atoms in total. The minimum Gasteiger partial charge on any atom is -0.378 e. The topological polar surface area (TPSA) is 81.4 Å². The molecule has 0 amide bonds. The van der Waals surface area contributed by atoms with Gasteiger partial charge in [-0.25, -0.2) is 13.1 Å². The first-order chi connectivity index (χ1) is 10.1. The van der Waals surface area contributed by atoms with Gasteiger partial charge in [-0.3, -0.25) is 0 Å². The highest BCUT2D eigenvalue weighted by Gasteiger charge is 2.18. The normalized spacial score (nSPS) is 18.2. The van der Waals surface area contributed by atoms with Gasteiger partial charge in [-0.2, -0.15) is 0 Å². The van der Waals surface area contributed by atoms with Crippen molar-refractivity contribution >= 4 is 10.0 Å². The fraction of sp³-hybridized carbons (Fsp3) is 0.467.